The van der Waals surface area contributed by atoms with Crippen molar-refractivity contribution < 1.29 is 18.0 Å². The number of benzene rings is 1. The molecule has 0 saturated carbocycles. The van der Waals surface area contributed by atoms with Gasteiger partial charge in [-0.15, -0.1) is 0 Å². The number of nitrogens with zero attached hydrogens (tertiary/aromatic N) is 1. The van der Waals surface area contributed by atoms with Gasteiger partial charge in [-0.1, -0.05) is 22.0 Å². The number of amides is 2. The van der Waals surface area contributed by atoms with Crippen molar-refractivity contribution in [1.29, 1.82) is 0 Å². The van der Waals surface area contributed by atoms with E-state index in [4.69, 9.17) is 0 Å². The van der Waals surface area contributed by atoms with E-state index < -0.39 is 21.8 Å². The second kappa shape index (κ2) is 8.70. The molecule has 0 bridgehead atoms. The Kier molecular flexibility index (Phi) is 6.62. The van der Waals surface area contributed by atoms with E-state index in [1.165, 1.54) is 24.4 Å². The highest BCUT2D eigenvalue weighted by atomic mass is 79.9. The SMILES string of the molecule is O=C(CCNS(=O)(=O)c1ccc(Br)cc1)NNC(=O)c1ccccn1. The molecule has 0 spiro atoms. The molecule has 0 atom stereocenters. The molecule has 2 aromatic rings. The molecule has 10 heteroatoms. The third-order valence-electron chi connectivity index (χ3n) is 2.98. The minimum Gasteiger partial charge on any atom is -0.273 e. The Bertz CT molecular complexity index is 842. The fourth-order valence-electron chi connectivity index (χ4n) is 1.75. The smallest absolute Gasteiger partial charge is 0.273 e. The monoisotopic (exact) mass is 426 g/mol. The molecule has 1 heterocycles. The number of carbonyl (C=O) groups excluding carboxylic acids is 2. The Hall–Kier alpha value is -2.30. The molecule has 0 aliphatic rings. The number of hydrogen-bond acceptors (Lipinski definition) is 5. The summed E-state index contributed by atoms with van der Waals surface area (Å²) in [6, 6.07) is 10.9. The number of nitrogens with one attached hydrogen (secondary N) is 3. The summed E-state index contributed by atoms with van der Waals surface area (Å²) in [5, 5.41) is 0. The van der Waals surface area contributed by atoms with Crippen LogP contribution >= 0.6 is 15.9 Å². The Labute approximate surface area is 153 Å². The number of sulfonamides is 1. The van der Waals surface area contributed by atoms with Gasteiger partial charge in [-0.3, -0.25) is 25.4 Å². The second-order valence-electron chi connectivity index (χ2n) is 4.82. The van der Waals surface area contributed by atoms with Gasteiger partial charge in [-0.05, 0) is 36.4 Å². The summed E-state index contributed by atoms with van der Waals surface area (Å²) in [5.41, 5.74) is 4.55. The molecule has 1 aromatic carbocycles. The predicted octanol–water partition coefficient (Wildman–Crippen LogP) is 0.974. The molecule has 132 valence electrons. The largest absolute Gasteiger partial charge is 0.288 e. The van der Waals surface area contributed by atoms with Crippen LogP contribution in [-0.2, 0) is 14.8 Å². The zero-order valence-corrected chi connectivity index (χ0v) is 15.3. The van der Waals surface area contributed by atoms with Crippen molar-refractivity contribution in [1.82, 2.24) is 20.6 Å². The molecule has 0 aliphatic heterocycles. The highest BCUT2D eigenvalue weighted by molar-refractivity contribution is 9.10. The lowest BCUT2D eigenvalue weighted by molar-refractivity contribution is -0.121. The van der Waals surface area contributed by atoms with E-state index in [2.05, 4.69) is 36.5 Å². The molecule has 0 fully saturated rings. The summed E-state index contributed by atoms with van der Waals surface area (Å²) in [6.45, 7) is -0.107. The van der Waals surface area contributed by atoms with Gasteiger partial charge < -0.3 is 0 Å². The first-order chi connectivity index (χ1) is 11.9. The molecule has 2 amide bonds. The molecule has 8 nitrogen and oxygen atoms in total. The molecule has 3 N–H and O–H groups in total. The number of hydrogen-bond donors (Lipinski definition) is 3. The highest BCUT2D eigenvalue weighted by Gasteiger charge is 2.14. The van der Waals surface area contributed by atoms with Crippen molar-refractivity contribution in [2.45, 2.75) is 11.3 Å². The van der Waals surface area contributed by atoms with Crippen molar-refractivity contribution in [2.75, 3.05) is 6.54 Å². The normalized spacial score (nSPS) is 10.9. The van der Waals surface area contributed by atoms with Crippen LogP contribution in [0, 0.1) is 0 Å². The van der Waals surface area contributed by atoms with E-state index >= 15 is 0 Å². The van der Waals surface area contributed by atoms with Crippen molar-refractivity contribution in [3.05, 3.63) is 58.8 Å². The summed E-state index contributed by atoms with van der Waals surface area (Å²) in [6.07, 6.45) is 1.31. The van der Waals surface area contributed by atoms with Crippen LogP contribution in [0.1, 0.15) is 16.9 Å². The summed E-state index contributed by atoms with van der Waals surface area (Å²) < 4.78 is 27.2. The quantitative estimate of drug-likeness (QED) is 0.594. The maximum atomic E-state index is 12.0. The van der Waals surface area contributed by atoms with Gasteiger partial charge in [0.05, 0.1) is 4.90 Å². The van der Waals surface area contributed by atoms with Gasteiger partial charge in [0.2, 0.25) is 15.9 Å². The molecule has 0 saturated heterocycles. The van der Waals surface area contributed by atoms with Gasteiger partial charge in [-0.2, -0.15) is 0 Å². The Morgan fingerprint density at radius 2 is 1.76 bits per heavy atom. The third-order valence-corrected chi connectivity index (χ3v) is 4.99. The molecule has 25 heavy (non-hydrogen) atoms. The van der Waals surface area contributed by atoms with Gasteiger partial charge in [0.1, 0.15) is 5.69 Å². The molecule has 0 aliphatic carbocycles. The van der Waals surface area contributed by atoms with E-state index in [9.17, 15) is 18.0 Å². The van der Waals surface area contributed by atoms with Gasteiger partial charge in [0, 0.05) is 23.6 Å². The van der Waals surface area contributed by atoms with Gasteiger partial charge in [0.25, 0.3) is 5.91 Å². The lowest BCUT2D eigenvalue weighted by Gasteiger charge is -2.08. The summed E-state index contributed by atoms with van der Waals surface area (Å²) in [7, 11) is -3.70. The van der Waals surface area contributed by atoms with E-state index in [0.717, 1.165) is 4.47 Å². The summed E-state index contributed by atoms with van der Waals surface area (Å²) in [5.74, 6) is -1.10. The molecule has 0 radical (unpaired) electrons. The van der Waals surface area contributed by atoms with Crippen molar-refractivity contribution in [3.8, 4) is 0 Å². The van der Waals surface area contributed by atoms with E-state index in [0.29, 0.717) is 0 Å². The van der Waals surface area contributed by atoms with Crippen molar-refractivity contribution in [2.24, 2.45) is 0 Å². The number of rotatable bonds is 6. The Morgan fingerprint density at radius 1 is 1.04 bits per heavy atom. The third kappa shape index (κ3) is 5.93. The number of hydrazine groups is 1. The zero-order chi connectivity index (χ0) is 18.3. The van der Waals surface area contributed by atoms with Gasteiger partial charge in [0.15, 0.2) is 0 Å². The molecular formula is C15H15BrN4O4S. The lowest BCUT2D eigenvalue weighted by atomic mass is 10.3. The Morgan fingerprint density at radius 3 is 2.40 bits per heavy atom. The second-order valence-corrected chi connectivity index (χ2v) is 7.50. The standard InChI is InChI=1S/C15H15BrN4O4S/c16-11-4-6-12(7-5-11)25(23,24)18-10-8-14(21)19-20-15(22)13-3-1-2-9-17-13/h1-7,9,18H,8,10H2,(H,19,21)(H,20,22). The number of carbonyl (C=O) groups is 2. The lowest BCUT2D eigenvalue weighted by Crippen LogP contribution is -2.43. The minimum absolute atomic E-state index is 0.0968. The van der Waals surface area contributed by atoms with E-state index in [1.807, 2.05) is 0 Å². The molecular weight excluding hydrogens is 412 g/mol. The Balaban J connectivity index is 1.76. The van der Waals surface area contributed by atoms with Gasteiger partial charge in [-0.25, -0.2) is 13.1 Å². The van der Waals surface area contributed by atoms with E-state index in [-0.39, 0.29) is 23.6 Å². The first-order valence-corrected chi connectivity index (χ1v) is 9.41. The predicted molar refractivity (Wildman–Crippen MR) is 93.8 cm³/mol. The van der Waals surface area contributed by atoms with Crippen molar-refractivity contribution in [3.63, 3.8) is 0 Å². The summed E-state index contributed by atoms with van der Waals surface area (Å²) in [4.78, 5) is 27.3. The maximum Gasteiger partial charge on any atom is 0.288 e. The highest BCUT2D eigenvalue weighted by Crippen LogP contribution is 2.14. The molecule has 2 rings (SSSR count). The number of halogens is 1. The fraction of sp³-hybridized carbons (Fsp3) is 0.133. The molecule has 1 aromatic heterocycles. The van der Waals surface area contributed by atoms with Crippen LogP contribution in [0.3, 0.4) is 0 Å². The maximum absolute atomic E-state index is 12.0. The first kappa shape index (κ1) is 19.0. The average Bonchev–Trinajstić information content (AvgIpc) is 2.60. The van der Waals surface area contributed by atoms with E-state index in [1.54, 1.807) is 24.3 Å². The zero-order valence-electron chi connectivity index (χ0n) is 12.9. The van der Waals surface area contributed by atoms with Crippen LogP contribution in [0.25, 0.3) is 0 Å². The topological polar surface area (TPSA) is 117 Å². The fourth-order valence-corrected chi connectivity index (χ4v) is 3.04. The number of pyridine rings is 1. The first-order valence-electron chi connectivity index (χ1n) is 7.14. The van der Waals surface area contributed by atoms with Crippen LogP contribution < -0.4 is 15.6 Å². The van der Waals surface area contributed by atoms with Crippen LogP contribution in [0.2, 0.25) is 0 Å². The van der Waals surface area contributed by atoms with Crippen molar-refractivity contribution >= 4 is 37.8 Å². The van der Waals surface area contributed by atoms with Crippen LogP contribution in [0.4, 0.5) is 0 Å². The van der Waals surface area contributed by atoms with Gasteiger partial charge >= 0.3 is 0 Å². The molecule has 0 unspecified atom stereocenters. The minimum atomic E-state index is -3.70. The van der Waals surface area contributed by atoms with Crippen LogP contribution in [0.5, 0.6) is 0 Å². The van der Waals surface area contributed by atoms with Crippen LogP contribution in [0.15, 0.2) is 58.0 Å². The summed E-state index contributed by atoms with van der Waals surface area (Å²) >= 11 is 3.22. The van der Waals surface area contributed by atoms with Crippen LogP contribution in [-0.4, -0.2) is 31.8 Å². The average molecular weight is 427 g/mol. The number of aromatic nitrogens is 1.